The number of carbonyl (C=O) groups excluding carboxylic acids is 1. The zero-order valence-electron chi connectivity index (χ0n) is 21.3. The van der Waals surface area contributed by atoms with Crippen molar-refractivity contribution < 1.29 is 19.0 Å². The van der Waals surface area contributed by atoms with Gasteiger partial charge in [0, 0.05) is 69.4 Å². The number of ether oxygens (including phenoxy) is 3. The molecule has 9 nitrogen and oxygen atoms in total. The number of nitrogens with zero attached hydrogens (tertiary/aromatic N) is 4. The fraction of sp³-hybridized carbons (Fsp3) is 0.321. The van der Waals surface area contributed by atoms with Crippen LogP contribution >= 0.6 is 0 Å². The van der Waals surface area contributed by atoms with Gasteiger partial charge in [0.15, 0.2) is 0 Å². The fourth-order valence-electron chi connectivity index (χ4n) is 4.40. The average molecular weight is 502 g/mol. The van der Waals surface area contributed by atoms with Gasteiger partial charge < -0.3 is 24.4 Å². The minimum atomic E-state index is -0.0310. The van der Waals surface area contributed by atoms with Crippen LogP contribution in [-0.4, -0.2) is 72.7 Å². The first-order chi connectivity index (χ1) is 18.1. The second-order valence-corrected chi connectivity index (χ2v) is 9.08. The van der Waals surface area contributed by atoms with E-state index in [1.165, 1.54) is 0 Å². The van der Waals surface area contributed by atoms with Crippen molar-refractivity contribution in [3.63, 3.8) is 0 Å². The molecule has 0 spiro atoms. The predicted molar refractivity (Wildman–Crippen MR) is 142 cm³/mol. The molecule has 2 aromatic heterocycles. The van der Waals surface area contributed by atoms with Gasteiger partial charge in [-0.1, -0.05) is 12.1 Å². The van der Waals surface area contributed by atoms with Gasteiger partial charge in [0.2, 0.25) is 0 Å². The van der Waals surface area contributed by atoms with Gasteiger partial charge in [-0.05, 0) is 47.7 Å². The Bertz CT molecular complexity index is 1400. The highest BCUT2D eigenvalue weighted by Gasteiger charge is 2.31. The van der Waals surface area contributed by atoms with Crippen LogP contribution in [0.15, 0.2) is 61.1 Å². The highest BCUT2D eigenvalue weighted by molar-refractivity contribution is 5.96. The van der Waals surface area contributed by atoms with Crippen molar-refractivity contribution in [2.24, 2.45) is 0 Å². The highest BCUT2D eigenvalue weighted by Crippen LogP contribution is 2.31. The van der Waals surface area contributed by atoms with E-state index in [1.54, 1.807) is 38.4 Å². The number of amides is 1. The Labute approximate surface area is 216 Å². The number of likely N-dealkylation sites (tertiary alicyclic amines) is 1. The number of aromatic nitrogens is 3. The Morgan fingerprint density at radius 2 is 1.89 bits per heavy atom. The topological polar surface area (TPSA) is 90.7 Å². The van der Waals surface area contributed by atoms with Crippen molar-refractivity contribution in [2.45, 2.75) is 19.1 Å². The lowest BCUT2D eigenvalue weighted by Crippen LogP contribution is -2.54. The summed E-state index contributed by atoms with van der Waals surface area (Å²) in [6, 6.07) is 13.7. The second-order valence-electron chi connectivity index (χ2n) is 9.08. The fourth-order valence-corrected chi connectivity index (χ4v) is 4.40. The van der Waals surface area contributed by atoms with Crippen LogP contribution in [0.25, 0.3) is 21.9 Å². The molecule has 1 saturated heterocycles. The van der Waals surface area contributed by atoms with Crippen LogP contribution in [0.3, 0.4) is 0 Å². The molecule has 1 aliphatic heterocycles. The van der Waals surface area contributed by atoms with Crippen LogP contribution in [0.1, 0.15) is 16.8 Å². The molecule has 0 radical (unpaired) electrons. The van der Waals surface area contributed by atoms with Crippen LogP contribution in [0.5, 0.6) is 5.75 Å². The van der Waals surface area contributed by atoms with Crippen molar-refractivity contribution in [1.82, 2.24) is 19.7 Å². The number of benzene rings is 2. The largest absolute Gasteiger partial charge is 0.495 e. The molecule has 0 bridgehead atoms. The van der Waals surface area contributed by atoms with Gasteiger partial charge in [-0.15, -0.1) is 0 Å². The Hall–Kier alpha value is -3.95. The molecule has 1 fully saturated rings. The van der Waals surface area contributed by atoms with Crippen LogP contribution in [0.4, 0.5) is 11.5 Å². The summed E-state index contributed by atoms with van der Waals surface area (Å²) in [6.45, 7) is 2.74. The number of hydrogen-bond donors (Lipinski definition) is 1. The van der Waals surface area contributed by atoms with Crippen LogP contribution in [-0.2, 0) is 16.0 Å². The molecule has 1 N–H and O–H groups in total. The van der Waals surface area contributed by atoms with E-state index < -0.39 is 0 Å². The minimum absolute atomic E-state index is 0.0310. The maximum Gasteiger partial charge on any atom is 0.254 e. The standard InChI is InChI=1S/C28H31N5O4/c1-35-10-4-9-33-16-23(15-30-33)19-5-6-21-14-29-27(13-22(21)11-19)31-25-8-7-20(12-26(25)37-3)28(34)32-17-24(18-32)36-2/h5-8,11-16,24H,4,9-10,17-18H2,1-3H3,(H,29,31). The maximum atomic E-state index is 12.8. The molecular formula is C28H31N5O4. The van der Waals surface area contributed by atoms with E-state index in [4.69, 9.17) is 14.2 Å². The van der Waals surface area contributed by atoms with Crippen molar-refractivity contribution in [2.75, 3.05) is 46.3 Å². The number of nitrogens with one attached hydrogen (secondary N) is 1. The van der Waals surface area contributed by atoms with E-state index in [2.05, 4.69) is 39.8 Å². The van der Waals surface area contributed by atoms with E-state index in [0.29, 0.717) is 36.8 Å². The molecule has 0 unspecified atom stereocenters. The molecule has 0 aliphatic carbocycles. The van der Waals surface area contributed by atoms with Crippen LogP contribution in [0, 0.1) is 0 Å². The number of pyridine rings is 1. The first-order valence-corrected chi connectivity index (χ1v) is 12.3. The Morgan fingerprint density at radius 3 is 2.68 bits per heavy atom. The van der Waals surface area contributed by atoms with E-state index in [1.807, 2.05) is 29.2 Å². The third-order valence-corrected chi connectivity index (χ3v) is 6.60. The van der Waals surface area contributed by atoms with Gasteiger partial charge in [0.1, 0.15) is 11.6 Å². The first-order valence-electron chi connectivity index (χ1n) is 12.3. The third kappa shape index (κ3) is 5.42. The maximum absolute atomic E-state index is 12.8. The molecule has 2 aromatic carbocycles. The predicted octanol–water partition coefficient (Wildman–Crippen LogP) is 4.36. The Balaban J connectivity index is 1.33. The van der Waals surface area contributed by atoms with Crippen molar-refractivity contribution in [1.29, 1.82) is 0 Å². The summed E-state index contributed by atoms with van der Waals surface area (Å²) in [5.41, 5.74) is 3.46. The number of anilines is 2. The lowest BCUT2D eigenvalue weighted by atomic mass is 10.0. The zero-order chi connectivity index (χ0) is 25.8. The summed E-state index contributed by atoms with van der Waals surface area (Å²) in [5.74, 6) is 1.23. The van der Waals surface area contributed by atoms with Gasteiger partial charge in [0.25, 0.3) is 5.91 Å². The van der Waals surface area contributed by atoms with Gasteiger partial charge in [-0.25, -0.2) is 4.98 Å². The van der Waals surface area contributed by atoms with E-state index in [0.717, 1.165) is 40.6 Å². The summed E-state index contributed by atoms with van der Waals surface area (Å²) in [5, 5.41) is 9.91. The lowest BCUT2D eigenvalue weighted by Gasteiger charge is -2.38. The molecule has 9 heteroatoms. The lowest BCUT2D eigenvalue weighted by molar-refractivity contribution is -0.0192. The molecule has 1 amide bonds. The van der Waals surface area contributed by atoms with Crippen molar-refractivity contribution in [3.05, 3.63) is 66.6 Å². The molecule has 0 atom stereocenters. The molecule has 3 heterocycles. The number of fused-ring (bicyclic) bond motifs is 1. The van der Waals surface area contributed by atoms with Gasteiger partial charge in [-0.3, -0.25) is 9.48 Å². The van der Waals surface area contributed by atoms with Crippen molar-refractivity contribution in [3.8, 4) is 16.9 Å². The number of aryl methyl sites for hydroxylation is 1. The van der Waals surface area contributed by atoms with E-state index in [9.17, 15) is 4.79 Å². The van der Waals surface area contributed by atoms with Gasteiger partial charge in [0.05, 0.1) is 25.1 Å². The molecule has 0 saturated carbocycles. The van der Waals surface area contributed by atoms with Crippen molar-refractivity contribution >= 4 is 28.2 Å². The molecule has 37 heavy (non-hydrogen) atoms. The molecular weight excluding hydrogens is 470 g/mol. The normalized spacial score (nSPS) is 13.5. The second kappa shape index (κ2) is 11.0. The highest BCUT2D eigenvalue weighted by atomic mass is 16.5. The van der Waals surface area contributed by atoms with Crippen LogP contribution in [0.2, 0.25) is 0 Å². The molecule has 1 aliphatic rings. The number of carbonyl (C=O) groups is 1. The first kappa shape index (κ1) is 24.7. The molecule has 4 aromatic rings. The monoisotopic (exact) mass is 501 g/mol. The quantitative estimate of drug-likeness (QED) is 0.323. The SMILES string of the molecule is COCCCn1cc(-c2ccc3cnc(Nc4ccc(C(=O)N5CC(OC)C5)cc4OC)cc3c2)cn1. The summed E-state index contributed by atoms with van der Waals surface area (Å²) in [7, 11) is 4.96. The number of rotatable bonds is 10. The summed E-state index contributed by atoms with van der Waals surface area (Å²) in [4.78, 5) is 19.1. The summed E-state index contributed by atoms with van der Waals surface area (Å²) >= 11 is 0. The number of methoxy groups -OCH3 is 3. The van der Waals surface area contributed by atoms with Crippen LogP contribution < -0.4 is 10.1 Å². The van der Waals surface area contributed by atoms with Gasteiger partial charge in [-0.2, -0.15) is 5.10 Å². The Kier molecular flexibility index (Phi) is 7.34. The molecule has 192 valence electrons. The Morgan fingerprint density at radius 1 is 1.03 bits per heavy atom. The summed E-state index contributed by atoms with van der Waals surface area (Å²) in [6.07, 6.45) is 6.82. The summed E-state index contributed by atoms with van der Waals surface area (Å²) < 4.78 is 17.9. The zero-order valence-corrected chi connectivity index (χ0v) is 21.3. The van der Waals surface area contributed by atoms with E-state index in [-0.39, 0.29) is 12.0 Å². The van der Waals surface area contributed by atoms with Gasteiger partial charge >= 0.3 is 0 Å². The molecule has 5 rings (SSSR count). The minimum Gasteiger partial charge on any atom is -0.495 e. The third-order valence-electron chi connectivity index (χ3n) is 6.60. The smallest absolute Gasteiger partial charge is 0.254 e. The van der Waals surface area contributed by atoms with E-state index >= 15 is 0 Å². The number of hydrogen-bond acceptors (Lipinski definition) is 7. The average Bonchev–Trinajstić information content (AvgIpc) is 3.37.